The van der Waals surface area contributed by atoms with Gasteiger partial charge in [0.15, 0.2) is 0 Å². The van der Waals surface area contributed by atoms with Crippen molar-refractivity contribution in [3.63, 3.8) is 0 Å². The molecule has 0 saturated carbocycles. The van der Waals surface area contributed by atoms with Gasteiger partial charge in [0, 0.05) is 30.8 Å². The van der Waals surface area contributed by atoms with Crippen LogP contribution >= 0.6 is 11.6 Å². The van der Waals surface area contributed by atoms with E-state index in [0.29, 0.717) is 16.7 Å². The molecule has 0 aliphatic heterocycles. The molecule has 20 heavy (non-hydrogen) atoms. The van der Waals surface area contributed by atoms with Gasteiger partial charge in [-0.25, -0.2) is 4.98 Å². The first-order chi connectivity index (χ1) is 9.58. The molecule has 0 fully saturated rings. The summed E-state index contributed by atoms with van der Waals surface area (Å²) in [6.07, 6.45) is 3.15. The summed E-state index contributed by atoms with van der Waals surface area (Å²) in [6.45, 7) is 6.87. The number of anilines is 1. The number of rotatable bonds is 5. The summed E-state index contributed by atoms with van der Waals surface area (Å²) >= 11 is 5.89. The van der Waals surface area contributed by atoms with Crippen molar-refractivity contribution in [1.29, 1.82) is 0 Å². The maximum absolute atomic E-state index is 5.89. The Morgan fingerprint density at radius 2 is 2.05 bits per heavy atom. The van der Waals surface area contributed by atoms with Crippen LogP contribution in [0.25, 0.3) is 0 Å². The van der Waals surface area contributed by atoms with E-state index in [9.17, 15) is 0 Å². The van der Waals surface area contributed by atoms with Crippen molar-refractivity contribution in [2.24, 2.45) is 0 Å². The zero-order valence-corrected chi connectivity index (χ0v) is 12.5. The molecule has 0 unspecified atom stereocenters. The second-order valence-electron chi connectivity index (χ2n) is 4.58. The van der Waals surface area contributed by atoms with Gasteiger partial charge in [0.25, 0.3) is 0 Å². The Hall–Kier alpha value is -1.88. The maximum atomic E-state index is 5.89. The van der Waals surface area contributed by atoms with Crippen molar-refractivity contribution >= 4 is 17.4 Å². The summed E-state index contributed by atoms with van der Waals surface area (Å²) in [7, 11) is 0. The van der Waals surface area contributed by atoms with Gasteiger partial charge in [0.2, 0.25) is 5.88 Å². The molecule has 0 radical (unpaired) electrons. The van der Waals surface area contributed by atoms with Gasteiger partial charge >= 0.3 is 0 Å². The van der Waals surface area contributed by atoms with Crippen LogP contribution < -0.4 is 10.1 Å². The van der Waals surface area contributed by atoms with Crippen LogP contribution in [0.2, 0.25) is 5.02 Å². The number of nitrogens with one attached hydrogen (secondary N) is 1. The Balaban J connectivity index is 2.30. The smallest absolute Gasteiger partial charge is 0.224 e. The highest BCUT2D eigenvalue weighted by Crippen LogP contribution is 2.24. The van der Waals surface area contributed by atoms with E-state index in [0.717, 1.165) is 18.2 Å². The summed E-state index contributed by atoms with van der Waals surface area (Å²) < 4.78 is 5.70. The average molecular weight is 293 g/mol. The van der Waals surface area contributed by atoms with E-state index in [2.05, 4.69) is 20.3 Å². The lowest BCUT2D eigenvalue weighted by molar-refractivity contribution is 0.455. The number of nitrogens with zero attached hydrogens (tertiary/aromatic N) is 3. The van der Waals surface area contributed by atoms with Crippen LogP contribution in [0.15, 0.2) is 24.5 Å². The molecule has 2 aromatic heterocycles. The lowest BCUT2D eigenvalue weighted by atomic mass is 10.2. The number of hydrogen-bond acceptors (Lipinski definition) is 5. The second-order valence-corrected chi connectivity index (χ2v) is 5.01. The van der Waals surface area contributed by atoms with E-state index in [1.165, 1.54) is 0 Å². The Bertz CT molecular complexity index is 589. The molecule has 0 aliphatic carbocycles. The van der Waals surface area contributed by atoms with E-state index in [1.54, 1.807) is 24.5 Å². The molecule has 1 N–H and O–H groups in total. The van der Waals surface area contributed by atoms with Crippen molar-refractivity contribution in [2.45, 2.75) is 26.7 Å². The van der Waals surface area contributed by atoms with Gasteiger partial charge in [-0.15, -0.1) is 0 Å². The molecule has 0 atom stereocenters. The molecular formula is C14H17ClN4O. The third-order valence-electron chi connectivity index (χ3n) is 2.50. The van der Waals surface area contributed by atoms with E-state index < -0.39 is 0 Å². The van der Waals surface area contributed by atoms with E-state index in [-0.39, 0.29) is 5.92 Å². The molecule has 0 aliphatic rings. The highest BCUT2D eigenvalue weighted by molar-refractivity contribution is 6.30. The number of pyridine rings is 1. The zero-order valence-electron chi connectivity index (χ0n) is 11.7. The third kappa shape index (κ3) is 3.81. The lowest BCUT2D eigenvalue weighted by Gasteiger charge is -2.11. The van der Waals surface area contributed by atoms with Gasteiger partial charge in [-0.1, -0.05) is 25.4 Å². The second kappa shape index (κ2) is 6.52. The van der Waals surface area contributed by atoms with Gasteiger partial charge in [-0.05, 0) is 6.92 Å². The van der Waals surface area contributed by atoms with Gasteiger partial charge in [-0.3, -0.25) is 4.98 Å². The predicted octanol–water partition coefficient (Wildman–Crippen LogP) is 3.87. The quantitative estimate of drug-likeness (QED) is 0.906. The molecule has 2 rings (SSSR count). The summed E-state index contributed by atoms with van der Waals surface area (Å²) in [5, 5.41) is 3.69. The third-order valence-corrected chi connectivity index (χ3v) is 2.70. The molecule has 6 heteroatoms. The first-order valence-electron chi connectivity index (χ1n) is 6.49. The molecule has 0 spiro atoms. The van der Waals surface area contributed by atoms with Crippen LogP contribution in [0.5, 0.6) is 11.6 Å². The van der Waals surface area contributed by atoms with Crippen molar-refractivity contribution in [3.8, 4) is 11.6 Å². The van der Waals surface area contributed by atoms with E-state index >= 15 is 0 Å². The summed E-state index contributed by atoms with van der Waals surface area (Å²) in [4.78, 5) is 12.8. The van der Waals surface area contributed by atoms with Crippen LogP contribution in [-0.2, 0) is 0 Å². The first kappa shape index (κ1) is 14.5. The Labute approximate surface area is 123 Å². The van der Waals surface area contributed by atoms with Crippen LogP contribution in [0.3, 0.4) is 0 Å². The maximum Gasteiger partial charge on any atom is 0.224 e. The first-order valence-corrected chi connectivity index (χ1v) is 6.87. The number of hydrogen-bond donors (Lipinski definition) is 1. The van der Waals surface area contributed by atoms with Crippen molar-refractivity contribution in [2.75, 3.05) is 11.9 Å². The molecule has 106 valence electrons. The average Bonchev–Trinajstić information content (AvgIpc) is 2.38. The Morgan fingerprint density at radius 3 is 2.70 bits per heavy atom. The monoisotopic (exact) mass is 292 g/mol. The Kier molecular flexibility index (Phi) is 4.74. The van der Waals surface area contributed by atoms with E-state index in [4.69, 9.17) is 16.3 Å². The van der Waals surface area contributed by atoms with Crippen LogP contribution in [0.1, 0.15) is 32.5 Å². The predicted molar refractivity (Wildman–Crippen MR) is 79.6 cm³/mol. The fraction of sp³-hybridized carbons (Fsp3) is 0.357. The molecule has 2 aromatic rings. The van der Waals surface area contributed by atoms with Crippen LogP contribution in [0, 0.1) is 0 Å². The minimum absolute atomic E-state index is 0.216. The minimum atomic E-state index is 0.216. The fourth-order valence-electron chi connectivity index (χ4n) is 1.59. The SMILES string of the molecule is CCNc1cc(Oc2cncc(Cl)c2)nc(C(C)C)n1. The van der Waals surface area contributed by atoms with Crippen LogP contribution in [0.4, 0.5) is 5.82 Å². The summed E-state index contributed by atoms with van der Waals surface area (Å²) in [5.41, 5.74) is 0. The van der Waals surface area contributed by atoms with Crippen LogP contribution in [-0.4, -0.2) is 21.5 Å². The highest BCUT2D eigenvalue weighted by atomic mass is 35.5. The van der Waals surface area contributed by atoms with Gasteiger partial charge < -0.3 is 10.1 Å². The van der Waals surface area contributed by atoms with Gasteiger partial charge in [0.1, 0.15) is 17.4 Å². The van der Waals surface area contributed by atoms with Crippen molar-refractivity contribution < 1.29 is 4.74 Å². The summed E-state index contributed by atoms with van der Waals surface area (Å²) in [5.74, 6) is 2.72. The van der Waals surface area contributed by atoms with Gasteiger partial charge in [-0.2, -0.15) is 4.98 Å². The zero-order chi connectivity index (χ0) is 14.5. The standard InChI is InChI=1S/C14H17ClN4O/c1-4-17-12-6-13(19-14(18-12)9(2)3)20-11-5-10(15)7-16-8-11/h5-9H,4H2,1-3H3,(H,17,18,19). The number of ether oxygens (including phenoxy) is 1. The molecule has 0 aromatic carbocycles. The fourth-order valence-corrected chi connectivity index (χ4v) is 1.76. The molecule has 0 saturated heterocycles. The largest absolute Gasteiger partial charge is 0.437 e. The molecular weight excluding hydrogens is 276 g/mol. The van der Waals surface area contributed by atoms with Crippen molar-refractivity contribution in [3.05, 3.63) is 35.4 Å². The van der Waals surface area contributed by atoms with Crippen molar-refractivity contribution in [1.82, 2.24) is 15.0 Å². The normalized spacial score (nSPS) is 10.7. The van der Waals surface area contributed by atoms with E-state index in [1.807, 2.05) is 20.8 Å². The molecule has 0 amide bonds. The Morgan fingerprint density at radius 1 is 1.25 bits per heavy atom. The number of aromatic nitrogens is 3. The molecule has 2 heterocycles. The molecule has 0 bridgehead atoms. The lowest BCUT2D eigenvalue weighted by Crippen LogP contribution is -2.05. The minimum Gasteiger partial charge on any atom is -0.437 e. The van der Waals surface area contributed by atoms with Gasteiger partial charge in [0.05, 0.1) is 11.2 Å². The molecule has 5 nitrogen and oxygen atoms in total. The number of halogens is 1. The highest BCUT2D eigenvalue weighted by Gasteiger charge is 2.09. The topological polar surface area (TPSA) is 59.9 Å². The summed E-state index contributed by atoms with van der Waals surface area (Å²) in [6, 6.07) is 3.45.